The van der Waals surface area contributed by atoms with Crippen molar-refractivity contribution in [3.05, 3.63) is 75.6 Å². The molecule has 1 aromatic heterocycles. The number of fused-ring (bicyclic) bond motifs is 2. The van der Waals surface area contributed by atoms with Crippen molar-refractivity contribution in [2.45, 2.75) is 38.6 Å². The Labute approximate surface area is 187 Å². The molecule has 0 unspecified atom stereocenters. The van der Waals surface area contributed by atoms with Gasteiger partial charge in [-0.05, 0) is 42.7 Å². The third kappa shape index (κ3) is 4.28. The van der Waals surface area contributed by atoms with Gasteiger partial charge in [0.15, 0.2) is 5.43 Å². The van der Waals surface area contributed by atoms with E-state index >= 15 is 0 Å². The molecule has 0 aliphatic carbocycles. The number of unbranched alkanes of at least 4 members (excludes halogenated alkanes) is 2. The van der Waals surface area contributed by atoms with Gasteiger partial charge in [-0.15, -0.1) is 0 Å². The number of carbonyl (C=O) groups excluding carboxylic acids is 1. The Morgan fingerprint density at radius 3 is 2.50 bits per heavy atom. The quantitative estimate of drug-likeness (QED) is 0.422. The monoisotopic (exact) mass is 435 g/mol. The summed E-state index contributed by atoms with van der Waals surface area (Å²) in [7, 11) is 1.63. The second-order valence-electron chi connectivity index (χ2n) is 8.04. The Bertz CT molecular complexity index is 1140. The van der Waals surface area contributed by atoms with Crippen LogP contribution in [0.2, 0.25) is 0 Å². The van der Waals surface area contributed by atoms with Gasteiger partial charge in [-0.2, -0.15) is 0 Å². The molecule has 0 N–H and O–H groups in total. The Morgan fingerprint density at radius 1 is 0.969 bits per heavy atom. The van der Waals surface area contributed by atoms with Crippen molar-refractivity contribution < 1.29 is 18.7 Å². The van der Waals surface area contributed by atoms with Crippen LogP contribution in [0.15, 0.2) is 57.7 Å². The number of hydrogen-bond donors (Lipinski definition) is 0. The van der Waals surface area contributed by atoms with Gasteiger partial charge >= 0.3 is 0 Å². The lowest BCUT2D eigenvalue weighted by molar-refractivity contribution is 0.0708. The number of ether oxygens (including phenoxy) is 2. The number of nitrogens with zero attached hydrogens (tertiary/aromatic N) is 1. The third-order valence-corrected chi connectivity index (χ3v) is 5.83. The fourth-order valence-electron chi connectivity index (χ4n) is 4.21. The molecular weight excluding hydrogens is 406 g/mol. The van der Waals surface area contributed by atoms with E-state index in [9.17, 15) is 9.59 Å². The molecule has 2 aromatic carbocycles. The highest BCUT2D eigenvalue weighted by atomic mass is 16.5. The van der Waals surface area contributed by atoms with Crippen LogP contribution in [0.25, 0.3) is 11.0 Å². The van der Waals surface area contributed by atoms with Gasteiger partial charge in [-0.1, -0.05) is 44.0 Å². The summed E-state index contributed by atoms with van der Waals surface area (Å²) < 4.78 is 16.9. The van der Waals surface area contributed by atoms with Gasteiger partial charge in [-0.25, -0.2) is 0 Å². The van der Waals surface area contributed by atoms with E-state index < -0.39 is 6.04 Å². The van der Waals surface area contributed by atoms with Gasteiger partial charge in [-0.3, -0.25) is 9.59 Å². The number of rotatable bonds is 10. The maximum atomic E-state index is 13.4. The summed E-state index contributed by atoms with van der Waals surface area (Å²) >= 11 is 0. The zero-order valence-corrected chi connectivity index (χ0v) is 18.6. The first kappa shape index (κ1) is 22.1. The zero-order chi connectivity index (χ0) is 22.5. The van der Waals surface area contributed by atoms with E-state index in [2.05, 4.69) is 6.92 Å². The maximum absolute atomic E-state index is 13.4. The van der Waals surface area contributed by atoms with Crippen LogP contribution >= 0.6 is 0 Å². The van der Waals surface area contributed by atoms with Crippen molar-refractivity contribution in [2.75, 3.05) is 26.9 Å². The molecular formula is C26H29NO5. The fraction of sp³-hybridized carbons (Fsp3) is 0.385. The Morgan fingerprint density at radius 2 is 1.75 bits per heavy atom. The van der Waals surface area contributed by atoms with Gasteiger partial charge in [0.2, 0.25) is 5.76 Å². The molecule has 1 atom stereocenters. The highest BCUT2D eigenvalue weighted by Gasteiger charge is 2.42. The molecule has 0 saturated carbocycles. The number of benzene rings is 2. The third-order valence-electron chi connectivity index (χ3n) is 5.83. The smallest absolute Gasteiger partial charge is 0.290 e. The van der Waals surface area contributed by atoms with Crippen LogP contribution in [0.5, 0.6) is 5.75 Å². The largest absolute Gasteiger partial charge is 0.494 e. The van der Waals surface area contributed by atoms with E-state index in [1.807, 2.05) is 24.3 Å². The van der Waals surface area contributed by atoms with Crippen LogP contribution in [0.1, 0.15) is 60.3 Å². The average Bonchev–Trinajstić information content (AvgIpc) is 3.09. The van der Waals surface area contributed by atoms with Crippen molar-refractivity contribution in [2.24, 2.45) is 0 Å². The van der Waals surface area contributed by atoms with Crippen LogP contribution < -0.4 is 10.2 Å². The van der Waals surface area contributed by atoms with E-state index in [4.69, 9.17) is 13.9 Å². The zero-order valence-electron chi connectivity index (χ0n) is 18.6. The maximum Gasteiger partial charge on any atom is 0.290 e. The van der Waals surface area contributed by atoms with E-state index in [1.54, 1.807) is 36.3 Å². The summed E-state index contributed by atoms with van der Waals surface area (Å²) in [5.41, 5.74) is 1.54. The first-order valence-electron chi connectivity index (χ1n) is 11.2. The molecule has 1 amide bonds. The van der Waals surface area contributed by atoms with Gasteiger partial charge < -0.3 is 18.8 Å². The summed E-state index contributed by atoms with van der Waals surface area (Å²) in [5, 5.41) is 0.485. The molecule has 1 aliphatic heterocycles. The highest BCUT2D eigenvalue weighted by Crippen LogP contribution is 2.38. The molecule has 3 aromatic rings. The molecule has 0 fully saturated rings. The molecule has 0 radical (unpaired) electrons. The minimum Gasteiger partial charge on any atom is -0.494 e. The molecule has 168 valence electrons. The Kier molecular flexibility index (Phi) is 6.90. The van der Waals surface area contributed by atoms with Crippen LogP contribution in [0.3, 0.4) is 0 Å². The molecule has 6 nitrogen and oxygen atoms in total. The lowest BCUT2D eigenvalue weighted by Gasteiger charge is -2.25. The normalized spacial score (nSPS) is 15.4. The van der Waals surface area contributed by atoms with Crippen molar-refractivity contribution in [3.8, 4) is 5.75 Å². The fourth-order valence-corrected chi connectivity index (χ4v) is 4.21. The molecule has 32 heavy (non-hydrogen) atoms. The number of carbonyl (C=O) groups is 1. The number of methoxy groups -OCH3 is 1. The van der Waals surface area contributed by atoms with Crippen LogP contribution in [0, 0.1) is 0 Å². The van der Waals surface area contributed by atoms with E-state index in [0.717, 1.165) is 30.6 Å². The standard InChI is InChI=1S/C26H29NO5/c1-3-4-7-17-31-19-13-11-18(12-14-19)23-22-24(28)20-9-5-6-10-21(20)32-25(22)26(29)27(23)15-8-16-30-2/h5-6,9-14,23H,3-4,7-8,15-17H2,1-2H3/t23-/m1/s1. The summed E-state index contributed by atoms with van der Waals surface area (Å²) in [6.45, 7) is 3.83. The predicted octanol–water partition coefficient (Wildman–Crippen LogP) is 4.94. The molecule has 0 bridgehead atoms. The minimum atomic E-state index is -0.496. The Balaban J connectivity index is 1.70. The highest BCUT2D eigenvalue weighted by molar-refractivity contribution is 5.99. The number of para-hydroxylation sites is 1. The van der Waals surface area contributed by atoms with Crippen molar-refractivity contribution in [3.63, 3.8) is 0 Å². The summed E-state index contributed by atoms with van der Waals surface area (Å²) in [6, 6.07) is 14.2. The average molecular weight is 436 g/mol. The van der Waals surface area contributed by atoms with E-state index in [0.29, 0.717) is 42.7 Å². The topological polar surface area (TPSA) is 69.0 Å². The van der Waals surface area contributed by atoms with Gasteiger partial charge in [0, 0.05) is 20.3 Å². The molecule has 6 heteroatoms. The Hall–Kier alpha value is -3.12. The van der Waals surface area contributed by atoms with Crippen LogP contribution in [0.4, 0.5) is 0 Å². The molecule has 2 heterocycles. The predicted molar refractivity (Wildman–Crippen MR) is 123 cm³/mol. The lowest BCUT2D eigenvalue weighted by atomic mass is 9.98. The van der Waals surface area contributed by atoms with Crippen molar-refractivity contribution in [1.82, 2.24) is 4.90 Å². The van der Waals surface area contributed by atoms with Crippen molar-refractivity contribution >= 4 is 16.9 Å². The number of hydrogen-bond acceptors (Lipinski definition) is 5. The second-order valence-corrected chi connectivity index (χ2v) is 8.04. The molecule has 0 spiro atoms. The SMILES string of the molecule is CCCCCOc1ccc([C@@H]2c3c(oc4ccccc4c3=O)C(=O)N2CCCOC)cc1. The first-order valence-corrected chi connectivity index (χ1v) is 11.2. The summed E-state index contributed by atoms with van der Waals surface area (Å²) in [6.07, 6.45) is 3.97. The van der Waals surface area contributed by atoms with Gasteiger partial charge in [0.05, 0.1) is 23.6 Å². The first-order chi connectivity index (χ1) is 15.7. The van der Waals surface area contributed by atoms with E-state index in [-0.39, 0.29) is 17.1 Å². The van der Waals surface area contributed by atoms with Crippen LogP contribution in [-0.2, 0) is 4.74 Å². The summed E-state index contributed by atoms with van der Waals surface area (Å²) in [4.78, 5) is 28.4. The molecule has 1 aliphatic rings. The van der Waals surface area contributed by atoms with Gasteiger partial charge in [0.1, 0.15) is 11.3 Å². The molecule has 0 saturated heterocycles. The van der Waals surface area contributed by atoms with Gasteiger partial charge in [0.25, 0.3) is 5.91 Å². The van der Waals surface area contributed by atoms with Crippen molar-refractivity contribution in [1.29, 1.82) is 0 Å². The number of amides is 1. The van der Waals surface area contributed by atoms with E-state index in [1.165, 1.54) is 0 Å². The minimum absolute atomic E-state index is 0.135. The summed E-state index contributed by atoms with van der Waals surface area (Å²) in [5.74, 6) is 0.658. The molecule has 4 rings (SSSR count). The second kappa shape index (κ2) is 10.0. The lowest BCUT2D eigenvalue weighted by Crippen LogP contribution is -2.31. The van der Waals surface area contributed by atoms with Crippen LogP contribution in [-0.4, -0.2) is 37.7 Å².